The fraction of sp³-hybridized carbons (Fsp3) is 0.714. The summed E-state index contributed by atoms with van der Waals surface area (Å²) in [4.78, 5) is 37.0. The van der Waals surface area contributed by atoms with Crippen molar-refractivity contribution in [2.75, 3.05) is 6.61 Å². The highest BCUT2D eigenvalue weighted by atomic mass is 17.3. The molecule has 0 saturated carbocycles. The number of rotatable bonds is 3. The van der Waals surface area contributed by atoms with E-state index in [1.165, 1.54) is 0 Å². The van der Waals surface area contributed by atoms with Crippen LogP contribution in [0.25, 0.3) is 0 Å². The molecule has 0 radical (unpaired) electrons. The zero-order valence-electron chi connectivity index (χ0n) is 8.14. The third kappa shape index (κ3) is 7.17. The Morgan fingerprint density at radius 1 is 1.07 bits per heavy atom. The first kappa shape index (κ1) is 12.5. The third-order valence-electron chi connectivity index (χ3n) is 0.754. The maximum Gasteiger partial charge on any atom is 0.582 e. The normalized spacial score (nSPS) is 9.43. The Kier molecular flexibility index (Phi) is 6.21. The van der Waals surface area contributed by atoms with E-state index in [9.17, 15) is 9.59 Å². The van der Waals surface area contributed by atoms with Gasteiger partial charge < -0.3 is 4.74 Å². The van der Waals surface area contributed by atoms with Gasteiger partial charge in [-0.15, -0.1) is 0 Å². The molecule has 0 aliphatic carbocycles. The molecule has 0 unspecified atom stereocenters. The number of ether oxygens (including phenoxy) is 1. The molecule has 0 N–H and O–H groups in total. The summed E-state index contributed by atoms with van der Waals surface area (Å²) < 4.78 is 4.47. The Morgan fingerprint density at radius 3 is 2.14 bits per heavy atom. The molecule has 0 rings (SSSR count). The first-order valence-corrected chi connectivity index (χ1v) is 3.94. The molecule has 0 aromatic heterocycles. The van der Waals surface area contributed by atoms with Gasteiger partial charge in [0, 0.05) is 0 Å². The van der Waals surface area contributed by atoms with Crippen LogP contribution in [0.15, 0.2) is 0 Å². The van der Waals surface area contributed by atoms with Gasteiger partial charge in [-0.3, -0.25) is 4.89 Å². The van der Waals surface area contributed by atoms with E-state index in [4.69, 9.17) is 0 Å². The molecule has 0 aliphatic heterocycles. The molecule has 0 heterocycles. The van der Waals surface area contributed by atoms with Gasteiger partial charge in [-0.2, -0.15) is 24.3 Å². The van der Waals surface area contributed by atoms with Crippen molar-refractivity contribution in [2.45, 2.75) is 26.9 Å². The lowest BCUT2D eigenvalue weighted by atomic mass is 10.5. The number of hydrogen-bond acceptors (Lipinski definition) is 7. The van der Waals surface area contributed by atoms with E-state index in [1.54, 1.807) is 20.8 Å². The molecule has 0 spiro atoms. The van der Waals surface area contributed by atoms with Crippen molar-refractivity contribution in [1.82, 2.24) is 0 Å². The lowest BCUT2D eigenvalue weighted by Gasteiger charge is -2.05. The summed E-state index contributed by atoms with van der Waals surface area (Å²) in [6, 6.07) is 0. The van der Waals surface area contributed by atoms with E-state index in [2.05, 4.69) is 24.3 Å². The van der Waals surface area contributed by atoms with Crippen LogP contribution in [-0.2, 0) is 24.3 Å². The molecule has 0 bridgehead atoms. The Balaban J connectivity index is 3.51. The molecular formula is C7H12O7. The highest BCUT2D eigenvalue weighted by Crippen LogP contribution is 1.95. The van der Waals surface area contributed by atoms with Gasteiger partial charge >= 0.3 is 12.3 Å². The Labute approximate surface area is 80.7 Å². The molecule has 82 valence electrons. The molecule has 14 heavy (non-hydrogen) atoms. The van der Waals surface area contributed by atoms with E-state index >= 15 is 0 Å². The van der Waals surface area contributed by atoms with Crippen LogP contribution in [0.1, 0.15) is 20.8 Å². The average molecular weight is 208 g/mol. The van der Waals surface area contributed by atoms with Crippen LogP contribution >= 0.6 is 0 Å². The van der Waals surface area contributed by atoms with E-state index in [-0.39, 0.29) is 12.7 Å². The van der Waals surface area contributed by atoms with Crippen LogP contribution in [-0.4, -0.2) is 25.0 Å². The molecule has 0 aromatic rings. The Hall–Kier alpha value is -1.50. The standard InChI is InChI=1S/C7H12O7/c1-4-10-12-7(9)14-13-6(8)11-5(2)3/h5H,4H2,1-3H3. The molecule has 0 amide bonds. The summed E-state index contributed by atoms with van der Waals surface area (Å²) in [5.74, 6) is 0. The fourth-order valence-corrected chi connectivity index (χ4v) is 0.401. The lowest BCUT2D eigenvalue weighted by Crippen LogP contribution is -2.16. The predicted octanol–water partition coefficient (Wildman–Crippen LogP) is 1.57. The third-order valence-corrected chi connectivity index (χ3v) is 0.754. The van der Waals surface area contributed by atoms with Gasteiger partial charge in [-0.25, -0.2) is 0 Å². The zero-order chi connectivity index (χ0) is 11.0. The highest BCUT2D eigenvalue weighted by molar-refractivity contribution is 5.63. The molecule has 0 aromatic carbocycles. The van der Waals surface area contributed by atoms with E-state index in [0.717, 1.165) is 0 Å². The minimum Gasteiger partial charge on any atom is -0.429 e. The van der Waals surface area contributed by atoms with Crippen LogP contribution in [0.2, 0.25) is 0 Å². The largest absolute Gasteiger partial charge is 0.582 e. The molecule has 0 fully saturated rings. The van der Waals surface area contributed by atoms with E-state index < -0.39 is 12.3 Å². The van der Waals surface area contributed by atoms with Crippen LogP contribution < -0.4 is 0 Å². The van der Waals surface area contributed by atoms with Crippen molar-refractivity contribution < 1.29 is 33.9 Å². The Bertz CT molecular complexity index is 188. The molecule has 0 atom stereocenters. The van der Waals surface area contributed by atoms with Crippen molar-refractivity contribution in [3.63, 3.8) is 0 Å². The highest BCUT2D eigenvalue weighted by Gasteiger charge is 2.13. The fourth-order valence-electron chi connectivity index (χ4n) is 0.401. The summed E-state index contributed by atoms with van der Waals surface area (Å²) >= 11 is 0. The van der Waals surface area contributed by atoms with E-state index in [0.29, 0.717) is 0 Å². The molecule has 7 nitrogen and oxygen atoms in total. The van der Waals surface area contributed by atoms with Crippen molar-refractivity contribution >= 4 is 12.3 Å². The quantitative estimate of drug-likeness (QED) is 0.395. The summed E-state index contributed by atoms with van der Waals surface area (Å²) in [6.07, 6.45) is -2.78. The summed E-state index contributed by atoms with van der Waals surface area (Å²) in [5.41, 5.74) is 0. The second-order valence-corrected chi connectivity index (χ2v) is 2.32. The average Bonchev–Trinajstić information content (AvgIpc) is 2.10. The minimum atomic E-state index is -1.28. The van der Waals surface area contributed by atoms with Gasteiger partial charge in [-0.1, -0.05) is 0 Å². The summed E-state index contributed by atoms with van der Waals surface area (Å²) in [6.45, 7) is 4.98. The van der Waals surface area contributed by atoms with Crippen LogP contribution in [0, 0.1) is 0 Å². The molecule has 7 heteroatoms. The van der Waals surface area contributed by atoms with E-state index in [1.807, 2.05) is 0 Å². The maximum absolute atomic E-state index is 10.6. The second-order valence-electron chi connectivity index (χ2n) is 2.32. The minimum absolute atomic E-state index is 0.158. The SMILES string of the molecule is CCOOC(=O)OOC(=O)OC(C)C. The first-order valence-electron chi connectivity index (χ1n) is 3.94. The monoisotopic (exact) mass is 208 g/mol. The summed E-state index contributed by atoms with van der Waals surface area (Å²) in [7, 11) is 0. The van der Waals surface area contributed by atoms with Gasteiger partial charge in [0.2, 0.25) is 0 Å². The van der Waals surface area contributed by atoms with Gasteiger partial charge in [0.1, 0.15) is 0 Å². The topological polar surface area (TPSA) is 80.3 Å². The van der Waals surface area contributed by atoms with Crippen LogP contribution in [0.5, 0.6) is 0 Å². The van der Waals surface area contributed by atoms with Gasteiger partial charge in [0.15, 0.2) is 0 Å². The predicted molar refractivity (Wildman–Crippen MR) is 41.9 cm³/mol. The number of hydrogen-bond donors (Lipinski definition) is 0. The summed E-state index contributed by atoms with van der Waals surface area (Å²) in [5, 5.41) is 0. The van der Waals surface area contributed by atoms with Gasteiger partial charge in [0.25, 0.3) is 0 Å². The lowest BCUT2D eigenvalue weighted by molar-refractivity contribution is -0.300. The molecule has 0 saturated heterocycles. The zero-order valence-corrected chi connectivity index (χ0v) is 8.14. The van der Waals surface area contributed by atoms with Gasteiger partial charge in [0.05, 0.1) is 12.7 Å². The van der Waals surface area contributed by atoms with Crippen molar-refractivity contribution in [1.29, 1.82) is 0 Å². The smallest absolute Gasteiger partial charge is 0.429 e. The van der Waals surface area contributed by atoms with Crippen molar-refractivity contribution in [3.8, 4) is 0 Å². The van der Waals surface area contributed by atoms with Crippen LogP contribution in [0.3, 0.4) is 0 Å². The molecular weight excluding hydrogens is 196 g/mol. The number of carbonyl (C=O) groups is 2. The Morgan fingerprint density at radius 2 is 1.64 bits per heavy atom. The van der Waals surface area contributed by atoms with Gasteiger partial charge in [-0.05, 0) is 20.8 Å². The molecule has 0 aliphatic rings. The number of carbonyl (C=O) groups excluding carboxylic acids is 2. The van der Waals surface area contributed by atoms with Crippen LogP contribution in [0.4, 0.5) is 9.59 Å². The first-order chi connectivity index (χ1) is 6.56. The van der Waals surface area contributed by atoms with Crippen molar-refractivity contribution in [3.05, 3.63) is 0 Å². The second kappa shape index (κ2) is 6.96. The van der Waals surface area contributed by atoms with Crippen molar-refractivity contribution in [2.24, 2.45) is 0 Å². The maximum atomic E-state index is 10.6.